The van der Waals surface area contributed by atoms with Crippen molar-refractivity contribution in [3.05, 3.63) is 11.6 Å². The largest absolute Gasteiger partial charge is 0.393 e. The zero-order chi connectivity index (χ0) is 14.8. The molecular formula is C19H28O2. The predicted molar refractivity (Wildman–Crippen MR) is 82.7 cm³/mol. The van der Waals surface area contributed by atoms with Crippen molar-refractivity contribution in [2.75, 3.05) is 0 Å². The third kappa shape index (κ3) is 1.78. The van der Waals surface area contributed by atoms with Crippen LogP contribution in [-0.2, 0) is 4.79 Å². The molecule has 2 heteroatoms. The molecule has 6 atom stereocenters. The molecule has 3 saturated carbocycles. The fourth-order valence-corrected chi connectivity index (χ4v) is 6.29. The summed E-state index contributed by atoms with van der Waals surface area (Å²) in [5.74, 6) is 2.40. The van der Waals surface area contributed by atoms with Gasteiger partial charge in [-0.15, -0.1) is 0 Å². The van der Waals surface area contributed by atoms with Crippen LogP contribution in [0.2, 0.25) is 0 Å². The first-order valence-corrected chi connectivity index (χ1v) is 8.87. The number of hydrogen-bond donors (Lipinski definition) is 1. The van der Waals surface area contributed by atoms with Gasteiger partial charge in [0.25, 0.3) is 0 Å². The summed E-state index contributed by atoms with van der Waals surface area (Å²) in [4.78, 5) is 12.3. The van der Waals surface area contributed by atoms with Crippen molar-refractivity contribution < 1.29 is 9.90 Å². The van der Waals surface area contributed by atoms with Gasteiger partial charge >= 0.3 is 0 Å². The molecule has 21 heavy (non-hydrogen) atoms. The van der Waals surface area contributed by atoms with Gasteiger partial charge in [0.2, 0.25) is 0 Å². The van der Waals surface area contributed by atoms with E-state index < -0.39 is 0 Å². The molecule has 0 aromatic heterocycles. The molecule has 4 rings (SSSR count). The molecule has 0 radical (unpaired) electrons. The first kappa shape index (κ1) is 14.0. The van der Waals surface area contributed by atoms with Gasteiger partial charge in [-0.2, -0.15) is 0 Å². The Bertz CT molecular complexity index is 508. The average Bonchev–Trinajstić information content (AvgIpc) is 2.76. The summed E-state index contributed by atoms with van der Waals surface area (Å²) >= 11 is 0. The number of carbonyl (C=O) groups excluding carboxylic acids is 1. The summed E-state index contributed by atoms with van der Waals surface area (Å²) in [6, 6.07) is 0. The second kappa shape index (κ2) is 4.44. The summed E-state index contributed by atoms with van der Waals surface area (Å²) in [5, 5.41) is 10.0. The van der Waals surface area contributed by atoms with Crippen LogP contribution in [0.5, 0.6) is 0 Å². The van der Waals surface area contributed by atoms with Gasteiger partial charge in [0.15, 0.2) is 0 Å². The average molecular weight is 288 g/mol. The molecular weight excluding hydrogens is 260 g/mol. The Morgan fingerprint density at radius 2 is 1.95 bits per heavy atom. The zero-order valence-corrected chi connectivity index (χ0v) is 13.4. The van der Waals surface area contributed by atoms with Gasteiger partial charge in [-0.3, -0.25) is 4.79 Å². The van der Waals surface area contributed by atoms with Gasteiger partial charge in [-0.1, -0.05) is 25.5 Å². The molecule has 0 aromatic carbocycles. The fourth-order valence-electron chi connectivity index (χ4n) is 6.29. The Balaban J connectivity index is 1.71. The van der Waals surface area contributed by atoms with Crippen LogP contribution in [0.25, 0.3) is 0 Å². The number of hydrogen-bond acceptors (Lipinski definition) is 2. The van der Waals surface area contributed by atoms with Crippen LogP contribution in [0, 0.1) is 28.6 Å². The van der Waals surface area contributed by atoms with Gasteiger partial charge < -0.3 is 5.11 Å². The number of aliphatic hydroxyl groups excluding tert-OH is 1. The van der Waals surface area contributed by atoms with E-state index in [0.29, 0.717) is 29.0 Å². The number of rotatable bonds is 0. The maximum absolute atomic E-state index is 12.3. The Hall–Kier alpha value is -0.630. The maximum Gasteiger partial charge on any atom is 0.139 e. The fraction of sp³-hybridized carbons (Fsp3) is 0.842. The van der Waals surface area contributed by atoms with Crippen LogP contribution < -0.4 is 0 Å². The van der Waals surface area contributed by atoms with Gasteiger partial charge in [0.1, 0.15) is 5.78 Å². The minimum atomic E-state index is -0.0814. The van der Waals surface area contributed by atoms with Crippen molar-refractivity contribution >= 4 is 5.78 Å². The van der Waals surface area contributed by atoms with Gasteiger partial charge in [0, 0.05) is 11.8 Å². The van der Waals surface area contributed by atoms with Crippen molar-refractivity contribution in [3.63, 3.8) is 0 Å². The number of Topliss-reactive ketones (excluding diaryl/α,β-unsaturated/α-hetero) is 1. The highest BCUT2D eigenvalue weighted by molar-refractivity contribution is 5.87. The molecule has 4 aliphatic carbocycles. The number of allylic oxidation sites excluding steroid dienone is 2. The molecule has 116 valence electrons. The van der Waals surface area contributed by atoms with E-state index in [1.165, 1.54) is 12.8 Å². The van der Waals surface area contributed by atoms with Crippen molar-refractivity contribution in [1.29, 1.82) is 0 Å². The van der Waals surface area contributed by atoms with E-state index in [9.17, 15) is 9.90 Å². The molecule has 0 bridgehead atoms. The molecule has 1 unspecified atom stereocenters. The lowest BCUT2D eigenvalue weighted by atomic mass is 9.49. The van der Waals surface area contributed by atoms with Crippen molar-refractivity contribution in [2.24, 2.45) is 28.6 Å². The molecule has 3 fully saturated rings. The minimum Gasteiger partial charge on any atom is -0.393 e. The van der Waals surface area contributed by atoms with Crippen LogP contribution in [-0.4, -0.2) is 17.0 Å². The topological polar surface area (TPSA) is 37.3 Å². The van der Waals surface area contributed by atoms with Crippen molar-refractivity contribution in [2.45, 2.75) is 71.3 Å². The predicted octanol–water partition coefficient (Wildman–Crippen LogP) is 3.88. The quantitative estimate of drug-likeness (QED) is 0.687. The van der Waals surface area contributed by atoms with E-state index in [1.54, 1.807) is 5.57 Å². The van der Waals surface area contributed by atoms with E-state index in [1.807, 2.05) is 0 Å². The van der Waals surface area contributed by atoms with E-state index in [4.69, 9.17) is 0 Å². The molecule has 0 heterocycles. The lowest BCUT2D eigenvalue weighted by Gasteiger charge is -2.55. The monoisotopic (exact) mass is 288 g/mol. The minimum absolute atomic E-state index is 0.0639. The molecule has 1 N–H and O–H groups in total. The lowest BCUT2D eigenvalue weighted by Crippen LogP contribution is -2.48. The summed E-state index contributed by atoms with van der Waals surface area (Å²) in [7, 11) is 0. The SMILES string of the molecule is CC12CC=C3[C@@H](CC[C@@H]4C[C@H](O)CC[C@]34C)[C@@H]1CCC2=O. The van der Waals surface area contributed by atoms with Crippen LogP contribution in [0.1, 0.15) is 65.2 Å². The number of fused-ring (bicyclic) bond motifs is 5. The van der Waals surface area contributed by atoms with Crippen molar-refractivity contribution in [3.8, 4) is 0 Å². The molecule has 0 aromatic rings. The maximum atomic E-state index is 12.3. The number of aliphatic hydroxyl groups is 1. The highest BCUT2D eigenvalue weighted by Gasteiger charge is 2.56. The van der Waals surface area contributed by atoms with Gasteiger partial charge in [-0.25, -0.2) is 0 Å². The van der Waals surface area contributed by atoms with E-state index in [0.717, 1.165) is 38.5 Å². The van der Waals surface area contributed by atoms with Gasteiger partial charge in [-0.05, 0) is 68.1 Å². The smallest absolute Gasteiger partial charge is 0.139 e. The Morgan fingerprint density at radius 3 is 2.76 bits per heavy atom. The highest BCUT2D eigenvalue weighted by atomic mass is 16.3. The van der Waals surface area contributed by atoms with Crippen molar-refractivity contribution in [1.82, 2.24) is 0 Å². The molecule has 0 aliphatic heterocycles. The van der Waals surface area contributed by atoms with Crippen LogP contribution >= 0.6 is 0 Å². The summed E-state index contributed by atoms with van der Waals surface area (Å²) in [6.07, 6.45) is 10.8. The molecule has 0 spiro atoms. The highest BCUT2D eigenvalue weighted by Crippen LogP contribution is 2.63. The normalized spacial score (nSPS) is 52.7. The van der Waals surface area contributed by atoms with Crippen LogP contribution in [0.3, 0.4) is 0 Å². The molecule has 0 amide bonds. The first-order valence-electron chi connectivity index (χ1n) is 8.87. The lowest BCUT2D eigenvalue weighted by molar-refractivity contribution is -0.127. The third-order valence-corrected chi connectivity index (χ3v) is 7.71. The van der Waals surface area contributed by atoms with Crippen LogP contribution in [0.15, 0.2) is 11.6 Å². The molecule has 2 nitrogen and oxygen atoms in total. The number of carbonyl (C=O) groups is 1. The Morgan fingerprint density at radius 1 is 1.14 bits per heavy atom. The zero-order valence-electron chi connectivity index (χ0n) is 13.4. The van der Waals surface area contributed by atoms with E-state index in [-0.39, 0.29) is 11.5 Å². The summed E-state index contributed by atoms with van der Waals surface area (Å²) in [6.45, 7) is 4.67. The second-order valence-electron chi connectivity index (χ2n) is 8.58. The van der Waals surface area contributed by atoms with Crippen LogP contribution in [0.4, 0.5) is 0 Å². The van der Waals surface area contributed by atoms with E-state index >= 15 is 0 Å². The third-order valence-electron chi connectivity index (χ3n) is 7.71. The summed E-state index contributed by atoms with van der Waals surface area (Å²) in [5.41, 5.74) is 1.91. The summed E-state index contributed by atoms with van der Waals surface area (Å²) < 4.78 is 0. The molecule has 0 saturated heterocycles. The standard InChI is InChI=1S/C19H28O2/c1-18-9-7-13(20)11-12(18)3-4-14-15-5-6-17(21)19(15,2)10-8-16(14)18/h8,12-15,20H,3-7,9-11H2,1-2H3/t12-,13-,14+,15+,18+,19?/m1/s1. The second-order valence-corrected chi connectivity index (χ2v) is 8.58. The first-order chi connectivity index (χ1) is 9.95. The molecule has 4 aliphatic rings. The Kier molecular flexibility index (Phi) is 2.96. The number of ketones is 1. The van der Waals surface area contributed by atoms with E-state index in [2.05, 4.69) is 19.9 Å². The Labute approximate surface area is 128 Å². The van der Waals surface area contributed by atoms with Gasteiger partial charge in [0.05, 0.1) is 6.10 Å².